The van der Waals surface area contributed by atoms with Crippen molar-refractivity contribution in [2.45, 2.75) is 71.8 Å². The first kappa shape index (κ1) is 22.7. The Morgan fingerprint density at radius 1 is 1.19 bits per heavy atom. The highest BCUT2D eigenvalue weighted by Crippen LogP contribution is 2.36. The number of benzene rings is 1. The van der Waals surface area contributed by atoms with E-state index in [0.29, 0.717) is 11.8 Å². The van der Waals surface area contributed by atoms with Crippen LogP contribution < -0.4 is 4.74 Å². The average Bonchev–Trinajstić information content (AvgIpc) is 3.49. The number of ether oxygens (including phenoxy) is 2. The lowest BCUT2D eigenvalue weighted by Gasteiger charge is -2.33. The zero-order valence-electron chi connectivity index (χ0n) is 19.9. The van der Waals surface area contributed by atoms with Crippen LogP contribution in [0, 0.1) is 11.8 Å². The molecular formula is C26H36N2O4. The third kappa shape index (κ3) is 5.64. The Balaban J connectivity index is 1.37. The molecule has 1 aliphatic heterocycles. The summed E-state index contributed by atoms with van der Waals surface area (Å²) in [6, 6.07) is 4.20. The summed E-state index contributed by atoms with van der Waals surface area (Å²) >= 11 is 0. The number of aryl methyl sites for hydroxylation is 1. The molecule has 2 heterocycles. The Hall–Kier alpha value is -2.50. The van der Waals surface area contributed by atoms with Gasteiger partial charge >= 0.3 is 6.09 Å². The minimum absolute atomic E-state index is 0.200. The van der Waals surface area contributed by atoms with E-state index in [1.165, 1.54) is 12.8 Å². The molecular weight excluding hydrogens is 404 g/mol. The molecule has 2 aliphatic rings. The minimum atomic E-state index is -0.448. The summed E-state index contributed by atoms with van der Waals surface area (Å²) in [5, 5.41) is 5.46. The number of carbonyl (C=O) groups is 1. The molecule has 1 saturated heterocycles. The van der Waals surface area contributed by atoms with Crippen LogP contribution >= 0.6 is 0 Å². The number of hydrogen-bond acceptors (Lipinski definition) is 5. The Morgan fingerprint density at radius 2 is 1.94 bits per heavy atom. The topological polar surface area (TPSA) is 64.8 Å². The molecule has 1 aromatic heterocycles. The molecule has 174 valence electrons. The summed E-state index contributed by atoms with van der Waals surface area (Å²) in [7, 11) is 0. The molecule has 0 spiro atoms. The van der Waals surface area contributed by atoms with Crippen molar-refractivity contribution in [3.05, 3.63) is 29.5 Å². The van der Waals surface area contributed by atoms with Crippen molar-refractivity contribution in [3.63, 3.8) is 0 Å². The normalized spacial score (nSPS) is 17.9. The van der Waals surface area contributed by atoms with Gasteiger partial charge in [-0.1, -0.05) is 23.4 Å². The highest BCUT2D eigenvalue weighted by molar-refractivity contribution is 5.88. The SMILES string of the molecule is C/C=C\c1ccc2c(CCC3CCN(C(=O)OC(C)(C)C)CC3)noc2c1OCC1CC1. The summed E-state index contributed by atoms with van der Waals surface area (Å²) in [6.07, 6.45) is 10.3. The number of hydrogen-bond donors (Lipinski definition) is 0. The van der Waals surface area contributed by atoms with Crippen molar-refractivity contribution in [1.29, 1.82) is 0 Å². The fourth-order valence-corrected chi connectivity index (χ4v) is 4.24. The van der Waals surface area contributed by atoms with Gasteiger partial charge in [0.25, 0.3) is 0 Å². The minimum Gasteiger partial charge on any atom is -0.489 e. The van der Waals surface area contributed by atoms with Crippen LogP contribution in [0.2, 0.25) is 0 Å². The van der Waals surface area contributed by atoms with E-state index in [4.69, 9.17) is 14.0 Å². The van der Waals surface area contributed by atoms with E-state index in [9.17, 15) is 4.79 Å². The molecule has 6 heteroatoms. The van der Waals surface area contributed by atoms with Crippen molar-refractivity contribution in [2.75, 3.05) is 19.7 Å². The summed E-state index contributed by atoms with van der Waals surface area (Å²) in [4.78, 5) is 14.1. The number of piperidine rings is 1. The second kappa shape index (κ2) is 9.55. The summed E-state index contributed by atoms with van der Waals surface area (Å²) in [5.74, 6) is 2.07. The molecule has 1 aliphatic carbocycles. The summed E-state index contributed by atoms with van der Waals surface area (Å²) in [5.41, 5.74) is 2.35. The average molecular weight is 441 g/mol. The third-order valence-electron chi connectivity index (χ3n) is 6.26. The molecule has 0 unspecified atom stereocenters. The highest BCUT2D eigenvalue weighted by Gasteiger charge is 2.27. The summed E-state index contributed by atoms with van der Waals surface area (Å²) in [6.45, 7) is 9.98. The molecule has 1 aromatic carbocycles. The van der Waals surface area contributed by atoms with Gasteiger partial charge in [-0.15, -0.1) is 0 Å². The quantitative estimate of drug-likeness (QED) is 0.511. The van der Waals surface area contributed by atoms with E-state index in [-0.39, 0.29) is 6.09 Å². The molecule has 6 nitrogen and oxygen atoms in total. The van der Waals surface area contributed by atoms with Crippen LogP contribution in [0.4, 0.5) is 4.79 Å². The maximum Gasteiger partial charge on any atom is 0.410 e. The largest absolute Gasteiger partial charge is 0.489 e. The monoisotopic (exact) mass is 440 g/mol. The standard InChI is InChI=1S/C26H36N2O4/c1-5-6-20-10-11-21-22(27-32-24(21)23(20)30-17-19-7-8-19)12-9-18-13-15-28(16-14-18)25(29)31-26(2,3)4/h5-6,10-11,18-19H,7-9,12-17H2,1-4H3/b6-5-. The van der Waals surface area contributed by atoms with Crippen molar-refractivity contribution < 1.29 is 18.8 Å². The lowest BCUT2D eigenvalue weighted by atomic mass is 9.91. The fourth-order valence-electron chi connectivity index (χ4n) is 4.24. The Bertz CT molecular complexity index is 960. The second-order valence-electron chi connectivity index (χ2n) is 10.2. The van der Waals surface area contributed by atoms with Crippen LogP contribution in [0.5, 0.6) is 5.75 Å². The van der Waals surface area contributed by atoms with Crippen molar-refractivity contribution in [1.82, 2.24) is 10.1 Å². The van der Waals surface area contributed by atoms with Gasteiger partial charge in [0.1, 0.15) is 5.60 Å². The predicted molar refractivity (Wildman–Crippen MR) is 126 cm³/mol. The summed E-state index contributed by atoms with van der Waals surface area (Å²) < 4.78 is 17.4. The van der Waals surface area contributed by atoms with Gasteiger partial charge in [0.05, 0.1) is 12.3 Å². The van der Waals surface area contributed by atoms with Crippen LogP contribution in [0.1, 0.15) is 71.1 Å². The van der Waals surface area contributed by atoms with E-state index in [0.717, 1.165) is 73.4 Å². The van der Waals surface area contributed by atoms with Crippen molar-refractivity contribution in [2.24, 2.45) is 11.8 Å². The van der Waals surface area contributed by atoms with E-state index < -0.39 is 5.60 Å². The molecule has 32 heavy (non-hydrogen) atoms. The van der Waals surface area contributed by atoms with E-state index in [1.807, 2.05) is 38.7 Å². The Kier molecular flexibility index (Phi) is 6.77. The first-order valence-electron chi connectivity index (χ1n) is 12.0. The molecule has 1 saturated carbocycles. The van der Waals surface area contributed by atoms with Gasteiger partial charge in [-0.05, 0) is 84.1 Å². The van der Waals surface area contributed by atoms with Crippen LogP contribution in [0.15, 0.2) is 22.7 Å². The van der Waals surface area contributed by atoms with Crippen LogP contribution in [0.25, 0.3) is 17.0 Å². The second-order valence-corrected chi connectivity index (χ2v) is 10.2. The number of allylic oxidation sites excluding steroid dienone is 1. The zero-order chi connectivity index (χ0) is 22.7. The zero-order valence-corrected chi connectivity index (χ0v) is 19.9. The number of rotatable bonds is 7. The number of carbonyl (C=O) groups excluding carboxylic acids is 1. The van der Waals surface area contributed by atoms with Crippen LogP contribution in [-0.4, -0.2) is 41.4 Å². The molecule has 1 amide bonds. The number of amides is 1. The molecule has 0 N–H and O–H groups in total. The van der Waals surface area contributed by atoms with Crippen LogP contribution in [0.3, 0.4) is 0 Å². The smallest absolute Gasteiger partial charge is 0.410 e. The maximum atomic E-state index is 12.3. The molecule has 4 rings (SSSR count). The van der Waals surface area contributed by atoms with Gasteiger partial charge in [-0.3, -0.25) is 0 Å². The first-order valence-corrected chi connectivity index (χ1v) is 12.0. The number of aromatic nitrogens is 1. The lowest BCUT2D eigenvalue weighted by molar-refractivity contribution is 0.0181. The Labute approximate surface area is 190 Å². The van der Waals surface area contributed by atoms with Crippen molar-refractivity contribution >= 4 is 23.1 Å². The van der Waals surface area contributed by atoms with E-state index in [1.54, 1.807) is 0 Å². The van der Waals surface area contributed by atoms with E-state index >= 15 is 0 Å². The molecule has 0 atom stereocenters. The van der Waals surface area contributed by atoms with Gasteiger partial charge in [-0.2, -0.15) is 0 Å². The molecule has 2 aromatic rings. The van der Waals surface area contributed by atoms with E-state index in [2.05, 4.69) is 23.4 Å². The molecule has 2 fully saturated rings. The number of fused-ring (bicyclic) bond motifs is 1. The fraction of sp³-hybridized carbons (Fsp3) is 0.615. The van der Waals surface area contributed by atoms with Gasteiger partial charge in [0.2, 0.25) is 5.58 Å². The van der Waals surface area contributed by atoms with Gasteiger partial charge in [0, 0.05) is 24.0 Å². The van der Waals surface area contributed by atoms with Crippen LogP contribution in [-0.2, 0) is 11.2 Å². The highest BCUT2D eigenvalue weighted by atomic mass is 16.6. The molecule has 0 radical (unpaired) electrons. The number of likely N-dealkylation sites (tertiary alicyclic amines) is 1. The lowest BCUT2D eigenvalue weighted by Crippen LogP contribution is -2.41. The van der Waals surface area contributed by atoms with Gasteiger partial charge in [0.15, 0.2) is 5.75 Å². The molecule has 0 bridgehead atoms. The van der Waals surface area contributed by atoms with Crippen molar-refractivity contribution in [3.8, 4) is 5.75 Å². The predicted octanol–water partition coefficient (Wildman–Crippen LogP) is 6.23. The van der Waals surface area contributed by atoms with Gasteiger partial charge < -0.3 is 18.9 Å². The Morgan fingerprint density at radius 3 is 2.59 bits per heavy atom. The first-order chi connectivity index (χ1) is 15.3. The third-order valence-corrected chi connectivity index (χ3v) is 6.26. The maximum absolute atomic E-state index is 12.3. The number of nitrogens with zero attached hydrogens (tertiary/aromatic N) is 2. The van der Waals surface area contributed by atoms with Gasteiger partial charge in [-0.25, -0.2) is 4.79 Å².